The Balaban J connectivity index is 3.54. The molecule has 6 heteroatoms. The molecule has 1 amide bonds. The summed E-state index contributed by atoms with van der Waals surface area (Å²) in [7, 11) is 0. The number of ether oxygens (including phenoxy) is 1. The van der Waals surface area contributed by atoms with Gasteiger partial charge < -0.3 is 20.3 Å². The zero-order valence-electron chi connectivity index (χ0n) is 46.0. The second-order valence-corrected chi connectivity index (χ2v) is 20.7. The van der Waals surface area contributed by atoms with Crippen LogP contribution < -0.4 is 5.32 Å². The molecule has 3 N–H and O–H groups in total. The van der Waals surface area contributed by atoms with E-state index in [4.69, 9.17) is 4.74 Å². The highest BCUT2D eigenvalue weighted by atomic mass is 16.5. The summed E-state index contributed by atoms with van der Waals surface area (Å²) in [5.41, 5.74) is 0. The fraction of sp³-hybridized carbons (Fsp3) is 0.841. The van der Waals surface area contributed by atoms with Crippen LogP contribution in [0.5, 0.6) is 0 Å². The smallest absolute Gasteiger partial charge is 0.305 e. The van der Waals surface area contributed by atoms with Crippen LogP contribution in [0, 0.1) is 0 Å². The number of amides is 1. The molecule has 0 aromatic heterocycles. The first-order chi connectivity index (χ1) is 34.0. The van der Waals surface area contributed by atoms with Crippen molar-refractivity contribution in [2.24, 2.45) is 0 Å². The van der Waals surface area contributed by atoms with Gasteiger partial charge in [0.15, 0.2) is 0 Å². The Kier molecular flexibility index (Phi) is 56.5. The highest BCUT2D eigenvalue weighted by Crippen LogP contribution is 2.17. The lowest BCUT2D eigenvalue weighted by Crippen LogP contribution is -2.45. The molecule has 404 valence electrons. The van der Waals surface area contributed by atoms with Gasteiger partial charge in [-0.15, -0.1) is 0 Å². The van der Waals surface area contributed by atoms with Gasteiger partial charge >= 0.3 is 5.97 Å². The van der Waals surface area contributed by atoms with Gasteiger partial charge in [0.1, 0.15) is 0 Å². The van der Waals surface area contributed by atoms with Gasteiger partial charge in [-0.2, -0.15) is 0 Å². The van der Waals surface area contributed by atoms with Gasteiger partial charge in [-0.3, -0.25) is 9.59 Å². The highest BCUT2D eigenvalue weighted by molar-refractivity contribution is 5.76. The Hall–Kier alpha value is -2.18. The number of nitrogens with one attached hydrogen (secondary N) is 1. The van der Waals surface area contributed by atoms with E-state index in [0.717, 1.165) is 89.9 Å². The second-order valence-electron chi connectivity index (χ2n) is 20.7. The van der Waals surface area contributed by atoms with Crippen LogP contribution in [0.3, 0.4) is 0 Å². The third-order valence-electron chi connectivity index (χ3n) is 13.8. The molecule has 69 heavy (non-hydrogen) atoms. The fourth-order valence-corrected chi connectivity index (χ4v) is 9.13. The van der Waals surface area contributed by atoms with Crippen molar-refractivity contribution in [1.82, 2.24) is 5.32 Å². The van der Waals surface area contributed by atoms with Gasteiger partial charge in [0.25, 0.3) is 0 Å². The Morgan fingerprint density at radius 2 is 0.725 bits per heavy atom. The SMILES string of the molecule is CCCCCC/C=C\C/C=C\CCCCCCCCCC(=O)OCCCC/C=C\CCCCCCCC(=O)NC(CO)C(O)/C=C/CCCCCCCCCCCCCCCCCCCCCCC. The molecule has 0 aliphatic heterocycles. The van der Waals surface area contributed by atoms with Gasteiger partial charge in [0.2, 0.25) is 5.91 Å². The quantitative estimate of drug-likeness (QED) is 0.0321. The summed E-state index contributed by atoms with van der Waals surface area (Å²) >= 11 is 0. The Labute approximate surface area is 429 Å². The molecule has 0 aromatic rings. The third kappa shape index (κ3) is 55.0. The normalized spacial score (nSPS) is 12.9. The number of esters is 1. The Morgan fingerprint density at radius 3 is 1.13 bits per heavy atom. The zero-order chi connectivity index (χ0) is 50.0. The predicted octanol–water partition coefficient (Wildman–Crippen LogP) is 19.0. The minimum Gasteiger partial charge on any atom is -0.466 e. The summed E-state index contributed by atoms with van der Waals surface area (Å²) in [6.45, 7) is 4.82. The lowest BCUT2D eigenvalue weighted by molar-refractivity contribution is -0.143. The van der Waals surface area contributed by atoms with Crippen molar-refractivity contribution in [3.63, 3.8) is 0 Å². The van der Waals surface area contributed by atoms with Crippen molar-refractivity contribution in [3.05, 3.63) is 48.6 Å². The molecule has 0 rings (SSSR count). The molecule has 0 saturated heterocycles. The van der Waals surface area contributed by atoms with E-state index in [1.54, 1.807) is 6.08 Å². The summed E-state index contributed by atoms with van der Waals surface area (Å²) in [5.74, 6) is -0.136. The molecule has 2 unspecified atom stereocenters. The maximum Gasteiger partial charge on any atom is 0.305 e. The average molecular weight is 969 g/mol. The molecule has 0 aliphatic rings. The maximum atomic E-state index is 12.5. The lowest BCUT2D eigenvalue weighted by atomic mass is 10.0. The van der Waals surface area contributed by atoms with Crippen molar-refractivity contribution >= 4 is 11.9 Å². The summed E-state index contributed by atoms with van der Waals surface area (Å²) in [4.78, 5) is 24.6. The van der Waals surface area contributed by atoms with Crippen molar-refractivity contribution in [2.45, 2.75) is 328 Å². The lowest BCUT2D eigenvalue weighted by Gasteiger charge is -2.20. The number of hydrogen-bond acceptors (Lipinski definition) is 5. The standard InChI is InChI=1S/C63H117NO5/c1-3-5-7-9-11-13-15-17-19-21-23-24-25-26-27-28-30-32-35-39-43-47-51-55-61(66)60(59-65)64-62(67)56-52-48-44-40-36-34-38-42-46-50-54-58-69-63(68)57-53-49-45-41-37-33-31-29-22-20-18-16-14-12-10-8-6-4-2/h14,16,20,22,38,42,51,55,60-61,65-66H,3-13,15,17-19,21,23-37,39-41,43-50,52-54,56-59H2,1-2H3,(H,64,67)/b16-14-,22-20-,42-38-,55-51+. The Morgan fingerprint density at radius 1 is 0.406 bits per heavy atom. The van der Waals surface area contributed by atoms with Crippen molar-refractivity contribution in [3.8, 4) is 0 Å². The van der Waals surface area contributed by atoms with E-state index in [0.29, 0.717) is 19.4 Å². The predicted molar refractivity (Wildman–Crippen MR) is 301 cm³/mol. The van der Waals surface area contributed by atoms with Gasteiger partial charge in [-0.05, 0) is 89.9 Å². The molecular weight excluding hydrogens is 851 g/mol. The summed E-state index contributed by atoms with van der Waals surface area (Å²) in [6, 6.07) is -0.652. The monoisotopic (exact) mass is 968 g/mol. The number of allylic oxidation sites excluding steroid dienone is 7. The van der Waals surface area contributed by atoms with E-state index in [9.17, 15) is 19.8 Å². The third-order valence-corrected chi connectivity index (χ3v) is 13.8. The Bertz CT molecular complexity index is 1160. The van der Waals surface area contributed by atoms with Gasteiger partial charge in [-0.1, -0.05) is 262 Å². The number of rotatable bonds is 56. The molecule has 0 radical (unpaired) electrons. The van der Waals surface area contributed by atoms with Crippen molar-refractivity contribution in [2.75, 3.05) is 13.2 Å². The molecular formula is C63H117NO5. The average Bonchev–Trinajstić information content (AvgIpc) is 3.35. The number of aliphatic hydroxyl groups excluding tert-OH is 2. The molecule has 6 nitrogen and oxygen atoms in total. The van der Waals surface area contributed by atoms with E-state index in [1.807, 2.05) is 6.08 Å². The number of carbonyl (C=O) groups is 2. The number of hydrogen-bond donors (Lipinski definition) is 3. The minimum atomic E-state index is -0.865. The first-order valence-electron chi connectivity index (χ1n) is 30.4. The fourth-order valence-electron chi connectivity index (χ4n) is 9.13. The van der Waals surface area contributed by atoms with Crippen LogP contribution in [0.2, 0.25) is 0 Å². The first-order valence-corrected chi connectivity index (χ1v) is 30.4. The largest absolute Gasteiger partial charge is 0.466 e. The molecule has 0 saturated carbocycles. The van der Waals surface area contributed by atoms with Crippen LogP contribution in [0.4, 0.5) is 0 Å². The van der Waals surface area contributed by atoms with Crippen molar-refractivity contribution < 1.29 is 24.5 Å². The zero-order valence-corrected chi connectivity index (χ0v) is 46.0. The van der Waals surface area contributed by atoms with Crippen molar-refractivity contribution in [1.29, 1.82) is 0 Å². The van der Waals surface area contributed by atoms with E-state index < -0.39 is 12.1 Å². The van der Waals surface area contributed by atoms with Crippen LogP contribution in [0.1, 0.15) is 316 Å². The molecule has 2 atom stereocenters. The van der Waals surface area contributed by atoms with E-state index >= 15 is 0 Å². The maximum absolute atomic E-state index is 12.5. The van der Waals surface area contributed by atoms with E-state index in [2.05, 4.69) is 55.6 Å². The number of aliphatic hydroxyl groups is 2. The molecule has 0 aliphatic carbocycles. The molecule has 0 spiro atoms. The molecule has 0 heterocycles. The molecule has 0 bridgehead atoms. The summed E-state index contributed by atoms with van der Waals surface area (Å²) < 4.78 is 5.45. The van der Waals surface area contributed by atoms with E-state index in [-0.39, 0.29) is 18.5 Å². The summed E-state index contributed by atoms with van der Waals surface area (Å²) in [5, 5.41) is 23.2. The number of carbonyl (C=O) groups excluding carboxylic acids is 2. The van der Waals surface area contributed by atoms with Gasteiger partial charge in [-0.25, -0.2) is 0 Å². The summed E-state index contributed by atoms with van der Waals surface area (Å²) in [6.07, 6.45) is 74.3. The number of unbranched alkanes of at least 4 members (excludes halogenated alkanes) is 39. The second kappa shape index (κ2) is 58.4. The van der Waals surface area contributed by atoms with Crippen LogP contribution in [0.25, 0.3) is 0 Å². The van der Waals surface area contributed by atoms with Crippen LogP contribution in [-0.4, -0.2) is 47.4 Å². The van der Waals surface area contributed by atoms with Crippen LogP contribution >= 0.6 is 0 Å². The van der Waals surface area contributed by atoms with Crippen LogP contribution in [0.15, 0.2) is 48.6 Å². The topological polar surface area (TPSA) is 95.9 Å². The molecule has 0 aromatic carbocycles. The van der Waals surface area contributed by atoms with Gasteiger partial charge in [0, 0.05) is 12.8 Å². The first kappa shape index (κ1) is 66.8. The molecule has 0 fully saturated rings. The minimum absolute atomic E-state index is 0.0401. The highest BCUT2D eigenvalue weighted by Gasteiger charge is 2.18. The van der Waals surface area contributed by atoms with Crippen LogP contribution in [-0.2, 0) is 14.3 Å². The van der Waals surface area contributed by atoms with E-state index in [1.165, 1.54) is 199 Å². The van der Waals surface area contributed by atoms with Gasteiger partial charge in [0.05, 0.1) is 25.4 Å².